The number of hydrogen-bond donors (Lipinski definition) is 1. The van der Waals surface area contributed by atoms with Crippen LogP contribution in [0, 0.1) is 5.92 Å². The predicted molar refractivity (Wildman–Crippen MR) is 102 cm³/mol. The fourth-order valence-corrected chi connectivity index (χ4v) is 3.66. The van der Waals surface area contributed by atoms with Crippen LogP contribution >= 0.6 is 0 Å². The second kappa shape index (κ2) is 7.94. The molecule has 1 aromatic heterocycles. The molecule has 0 saturated heterocycles. The highest BCUT2D eigenvalue weighted by Gasteiger charge is 2.22. The van der Waals surface area contributed by atoms with Crippen molar-refractivity contribution in [2.24, 2.45) is 5.92 Å². The molecule has 2 aromatic rings. The van der Waals surface area contributed by atoms with Crippen LogP contribution in [0.1, 0.15) is 57.9 Å². The van der Waals surface area contributed by atoms with Gasteiger partial charge in [0.05, 0.1) is 0 Å². The van der Waals surface area contributed by atoms with E-state index >= 15 is 0 Å². The minimum Gasteiger partial charge on any atom is -0.484 e. The maximum absolute atomic E-state index is 12.2. The van der Waals surface area contributed by atoms with Crippen LogP contribution in [0.25, 0.3) is 11.0 Å². The number of amides is 1. The summed E-state index contributed by atoms with van der Waals surface area (Å²) in [5.41, 5.74) is 1.06. The maximum Gasteiger partial charge on any atom is 0.336 e. The van der Waals surface area contributed by atoms with E-state index in [1.807, 2.05) is 26.0 Å². The van der Waals surface area contributed by atoms with Crippen molar-refractivity contribution in [3.8, 4) is 5.75 Å². The van der Waals surface area contributed by atoms with E-state index in [1.165, 1.54) is 12.5 Å². The molecule has 0 unspecified atom stereocenters. The Hall–Kier alpha value is -2.30. The summed E-state index contributed by atoms with van der Waals surface area (Å²) in [6.07, 6.45) is 4.60. The normalized spacial score (nSPS) is 20.3. The predicted octanol–water partition coefficient (Wildman–Crippen LogP) is 3.99. The number of hydrogen-bond acceptors (Lipinski definition) is 4. The quantitative estimate of drug-likeness (QED) is 0.822. The summed E-state index contributed by atoms with van der Waals surface area (Å²) in [7, 11) is 0. The summed E-state index contributed by atoms with van der Waals surface area (Å²) >= 11 is 0. The van der Waals surface area contributed by atoms with Crippen molar-refractivity contribution < 1.29 is 13.9 Å². The number of carbonyl (C=O) groups is 1. The van der Waals surface area contributed by atoms with E-state index < -0.39 is 0 Å². The third-order valence-electron chi connectivity index (χ3n) is 5.20. The topological polar surface area (TPSA) is 68.5 Å². The highest BCUT2D eigenvalue weighted by atomic mass is 16.5. The summed E-state index contributed by atoms with van der Waals surface area (Å²) in [6, 6.07) is 7.14. The van der Waals surface area contributed by atoms with Crippen LogP contribution in [-0.2, 0) is 4.79 Å². The maximum atomic E-state index is 12.2. The van der Waals surface area contributed by atoms with E-state index in [0.29, 0.717) is 17.3 Å². The molecule has 5 heteroatoms. The fraction of sp³-hybridized carbons (Fsp3) is 0.524. The lowest BCUT2D eigenvalue weighted by atomic mass is 9.86. The standard InChI is InChI=1S/C21H27NO4/c1-13(2)17-11-21(24)26-19-10-15(8-9-16(17)19)25-12-20(23)22-18-7-5-4-6-14(18)3/h8-11,13-14,18H,4-7,12H2,1-3H3,(H,22,23)/t14-,18+/m0/s1. The van der Waals surface area contributed by atoms with Crippen molar-refractivity contribution in [3.05, 3.63) is 40.2 Å². The average Bonchev–Trinajstić information content (AvgIpc) is 2.60. The lowest BCUT2D eigenvalue weighted by Gasteiger charge is -2.29. The van der Waals surface area contributed by atoms with Gasteiger partial charge in [0.2, 0.25) is 0 Å². The smallest absolute Gasteiger partial charge is 0.336 e. The highest BCUT2D eigenvalue weighted by Crippen LogP contribution is 2.27. The molecule has 2 atom stereocenters. The molecule has 140 valence electrons. The van der Waals surface area contributed by atoms with Crippen LogP contribution in [0.5, 0.6) is 5.75 Å². The summed E-state index contributed by atoms with van der Waals surface area (Å²) in [5.74, 6) is 1.14. The zero-order valence-electron chi connectivity index (χ0n) is 15.7. The minimum atomic E-state index is -0.373. The molecule has 1 fully saturated rings. The van der Waals surface area contributed by atoms with Crippen LogP contribution in [0.2, 0.25) is 0 Å². The van der Waals surface area contributed by atoms with E-state index in [9.17, 15) is 9.59 Å². The van der Waals surface area contributed by atoms with Crippen molar-refractivity contribution in [1.82, 2.24) is 5.32 Å². The molecule has 0 aliphatic heterocycles. The van der Waals surface area contributed by atoms with Crippen LogP contribution in [0.4, 0.5) is 0 Å². The first-order valence-corrected chi connectivity index (χ1v) is 9.44. The molecule has 1 aliphatic carbocycles. The Bertz CT molecular complexity index is 840. The van der Waals surface area contributed by atoms with Gasteiger partial charge >= 0.3 is 5.63 Å². The van der Waals surface area contributed by atoms with E-state index in [0.717, 1.165) is 30.2 Å². The van der Waals surface area contributed by atoms with E-state index in [-0.39, 0.29) is 30.1 Å². The van der Waals surface area contributed by atoms with Gasteiger partial charge in [-0.2, -0.15) is 0 Å². The first-order chi connectivity index (χ1) is 12.4. The second-order valence-electron chi connectivity index (χ2n) is 7.56. The highest BCUT2D eigenvalue weighted by molar-refractivity contribution is 5.82. The molecule has 0 spiro atoms. The van der Waals surface area contributed by atoms with Crippen molar-refractivity contribution in [2.45, 2.75) is 58.4 Å². The molecule has 1 aliphatic rings. The lowest BCUT2D eigenvalue weighted by molar-refractivity contribution is -0.124. The van der Waals surface area contributed by atoms with Gasteiger partial charge in [0.1, 0.15) is 11.3 Å². The third-order valence-corrected chi connectivity index (χ3v) is 5.20. The molecular formula is C21H27NO4. The lowest BCUT2D eigenvalue weighted by Crippen LogP contribution is -2.43. The number of rotatable bonds is 5. The van der Waals surface area contributed by atoms with Gasteiger partial charge in [0.15, 0.2) is 6.61 Å². The van der Waals surface area contributed by atoms with Gasteiger partial charge in [-0.05, 0) is 42.4 Å². The second-order valence-corrected chi connectivity index (χ2v) is 7.56. The van der Waals surface area contributed by atoms with Crippen LogP contribution in [0.3, 0.4) is 0 Å². The Kier molecular flexibility index (Phi) is 5.64. The van der Waals surface area contributed by atoms with Gasteiger partial charge in [0.25, 0.3) is 5.91 Å². The fourth-order valence-electron chi connectivity index (χ4n) is 3.66. The number of carbonyl (C=O) groups excluding carboxylic acids is 1. The number of nitrogens with one attached hydrogen (secondary N) is 1. The van der Waals surface area contributed by atoms with Crippen molar-refractivity contribution in [1.29, 1.82) is 0 Å². The van der Waals surface area contributed by atoms with Gasteiger partial charge in [-0.15, -0.1) is 0 Å². The molecule has 5 nitrogen and oxygen atoms in total. The minimum absolute atomic E-state index is 0.0389. The molecule has 1 heterocycles. The molecule has 1 N–H and O–H groups in total. The molecule has 1 saturated carbocycles. The Morgan fingerprint density at radius 2 is 2.04 bits per heavy atom. The number of ether oxygens (including phenoxy) is 1. The largest absolute Gasteiger partial charge is 0.484 e. The Balaban J connectivity index is 1.67. The van der Waals surface area contributed by atoms with Crippen LogP contribution in [0.15, 0.2) is 33.5 Å². The zero-order chi connectivity index (χ0) is 18.7. The van der Waals surface area contributed by atoms with Gasteiger partial charge in [0, 0.05) is 23.6 Å². The molecule has 0 bridgehead atoms. The molecular weight excluding hydrogens is 330 g/mol. The summed E-state index contributed by atoms with van der Waals surface area (Å²) in [4.78, 5) is 23.9. The number of benzene rings is 1. The first kappa shape index (κ1) is 18.5. The summed E-state index contributed by atoms with van der Waals surface area (Å²) in [5, 5.41) is 3.97. The van der Waals surface area contributed by atoms with Gasteiger partial charge in [-0.25, -0.2) is 4.79 Å². The van der Waals surface area contributed by atoms with Crippen LogP contribution in [-0.4, -0.2) is 18.6 Å². The first-order valence-electron chi connectivity index (χ1n) is 9.44. The molecule has 1 amide bonds. The van der Waals surface area contributed by atoms with Crippen molar-refractivity contribution >= 4 is 16.9 Å². The Labute approximate surface area is 153 Å². The monoisotopic (exact) mass is 357 g/mol. The zero-order valence-corrected chi connectivity index (χ0v) is 15.7. The van der Waals surface area contributed by atoms with Crippen LogP contribution < -0.4 is 15.7 Å². The number of fused-ring (bicyclic) bond motifs is 1. The summed E-state index contributed by atoms with van der Waals surface area (Å²) in [6.45, 7) is 6.22. The van der Waals surface area contributed by atoms with Gasteiger partial charge in [-0.1, -0.05) is 33.6 Å². The SMILES string of the molecule is CC(C)c1cc(=O)oc2cc(OCC(=O)N[C@@H]3CCCC[C@@H]3C)ccc12. The molecule has 1 aromatic carbocycles. The van der Waals surface area contributed by atoms with Crippen molar-refractivity contribution in [2.75, 3.05) is 6.61 Å². The van der Waals surface area contributed by atoms with Gasteiger partial charge < -0.3 is 14.5 Å². The molecule has 3 rings (SSSR count). The summed E-state index contributed by atoms with van der Waals surface area (Å²) < 4.78 is 10.9. The Morgan fingerprint density at radius 3 is 2.77 bits per heavy atom. The molecule has 26 heavy (non-hydrogen) atoms. The third kappa shape index (κ3) is 4.26. The average molecular weight is 357 g/mol. The molecule has 0 radical (unpaired) electrons. The van der Waals surface area contributed by atoms with E-state index in [4.69, 9.17) is 9.15 Å². The Morgan fingerprint density at radius 1 is 1.27 bits per heavy atom. The van der Waals surface area contributed by atoms with Gasteiger partial charge in [-0.3, -0.25) is 4.79 Å². The van der Waals surface area contributed by atoms with E-state index in [1.54, 1.807) is 6.07 Å². The van der Waals surface area contributed by atoms with E-state index in [2.05, 4.69) is 12.2 Å². The van der Waals surface area contributed by atoms with Crippen molar-refractivity contribution in [3.63, 3.8) is 0 Å².